The van der Waals surface area contributed by atoms with Crippen LogP contribution in [0.15, 0.2) is 102 Å². The molecule has 34 heavy (non-hydrogen) atoms. The molecule has 0 aliphatic heterocycles. The zero-order valence-corrected chi connectivity index (χ0v) is 18.6. The van der Waals surface area contributed by atoms with Crippen LogP contribution in [0.1, 0.15) is 18.5 Å². The van der Waals surface area contributed by atoms with E-state index in [2.05, 4.69) is 15.3 Å². The molecule has 1 atom stereocenters. The molecule has 0 amide bonds. The number of aromatic nitrogens is 2. The van der Waals surface area contributed by atoms with Gasteiger partial charge in [-0.25, -0.2) is 14.8 Å². The molecule has 5 rings (SSSR count). The van der Waals surface area contributed by atoms with Gasteiger partial charge in [-0.05, 0) is 18.1 Å². The van der Waals surface area contributed by atoms with E-state index in [0.717, 1.165) is 22.3 Å². The Morgan fingerprint density at radius 3 is 2.15 bits per heavy atom. The summed E-state index contributed by atoms with van der Waals surface area (Å²) in [5.41, 5.74) is 3.97. The molecule has 168 valence electrons. The molecule has 2 aromatic heterocycles. The lowest BCUT2D eigenvalue weighted by Gasteiger charge is -2.18. The lowest BCUT2D eigenvalue weighted by Crippen LogP contribution is -2.24. The molecular weight excluding hydrogens is 426 g/mol. The van der Waals surface area contributed by atoms with Gasteiger partial charge in [0.2, 0.25) is 5.71 Å². The summed E-state index contributed by atoms with van der Waals surface area (Å²) in [4.78, 5) is 21.8. The van der Waals surface area contributed by atoms with Crippen molar-refractivity contribution in [1.82, 2.24) is 9.97 Å². The van der Waals surface area contributed by atoms with Gasteiger partial charge in [0.25, 0.3) is 0 Å². The van der Waals surface area contributed by atoms with Crippen LogP contribution < -0.4 is 5.32 Å². The Morgan fingerprint density at radius 1 is 0.882 bits per heavy atom. The number of nitrogens with one attached hydrogen (secondary N) is 1. The van der Waals surface area contributed by atoms with Gasteiger partial charge < -0.3 is 14.5 Å². The summed E-state index contributed by atoms with van der Waals surface area (Å²) in [6.45, 7) is 2.07. The number of benzene rings is 3. The van der Waals surface area contributed by atoms with Gasteiger partial charge in [0.15, 0.2) is 6.04 Å². The van der Waals surface area contributed by atoms with Gasteiger partial charge in [-0.15, -0.1) is 0 Å². The van der Waals surface area contributed by atoms with E-state index in [9.17, 15) is 4.79 Å². The van der Waals surface area contributed by atoms with Gasteiger partial charge in [-0.1, -0.05) is 91.0 Å². The minimum absolute atomic E-state index is 0.280. The lowest BCUT2D eigenvalue weighted by atomic mass is 9.99. The van der Waals surface area contributed by atoms with Crippen molar-refractivity contribution in [2.45, 2.75) is 13.0 Å². The summed E-state index contributed by atoms with van der Waals surface area (Å²) in [7, 11) is 0. The van der Waals surface area contributed by atoms with Crippen molar-refractivity contribution >= 4 is 22.9 Å². The minimum Gasteiger partial charge on any atom is -0.464 e. The monoisotopic (exact) mass is 449 g/mol. The first-order chi connectivity index (χ1) is 16.8. The Morgan fingerprint density at radius 2 is 1.50 bits per heavy atom. The van der Waals surface area contributed by atoms with Crippen molar-refractivity contribution in [3.63, 3.8) is 0 Å². The zero-order valence-electron chi connectivity index (χ0n) is 18.6. The lowest BCUT2D eigenvalue weighted by molar-refractivity contribution is -0.144. The summed E-state index contributed by atoms with van der Waals surface area (Å²) >= 11 is 0. The van der Waals surface area contributed by atoms with E-state index in [1.54, 1.807) is 6.92 Å². The minimum atomic E-state index is -0.738. The zero-order chi connectivity index (χ0) is 23.3. The maximum atomic E-state index is 12.9. The van der Waals surface area contributed by atoms with Crippen LogP contribution in [0, 0.1) is 0 Å². The molecule has 6 nitrogen and oxygen atoms in total. The van der Waals surface area contributed by atoms with Crippen LogP contribution in [0.25, 0.3) is 33.6 Å². The molecule has 0 spiro atoms. The second-order valence-corrected chi connectivity index (χ2v) is 7.68. The molecule has 0 aliphatic carbocycles. The van der Waals surface area contributed by atoms with Crippen LogP contribution in [0.4, 0.5) is 5.82 Å². The number of esters is 1. The fraction of sp³-hybridized carbons (Fsp3) is 0.107. The highest BCUT2D eigenvalue weighted by molar-refractivity contribution is 6.06. The number of anilines is 1. The third-order valence-electron chi connectivity index (χ3n) is 5.52. The van der Waals surface area contributed by atoms with Gasteiger partial charge in [0.1, 0.15) is 17.9 Å². The summed E-state index contributed by atoms with van der Waals surface area (Å²) in [5, 5.41) is 4.02. The number of hydrogen-bond acceptors (Lipinski definition) is 6. The van der Waals surface area contributed by atoms with Crippen LogP contribution in [0.5, 0.6) is 0 Å². The number of carbonyl (C=O) groups is 1. The van der Waals surface area contributed by atoms with E-state index >= 15 is 0 Å². The Balaban J connectivity index is 1.71. The second-order valence-electron chi connectivity index (χ2n) is 7.68. The van der Waals surface area contributed by atoms with Crippen LogP contribution in [-0.4, -0.2) is 22.5 Å². The molecular formula is C28H23N3O3. The van der Waals surface area contributed by atoms with E-state index in [1.807, 2.05) is 91.0 Å². The van der Waals surface area contributed by atoms with Gasteiger partial charge in [0.05, 0.1) is 12.0 Å². The van der Waals surface area contributed by atoms with Gasteiger partial charge in [-0.3, -0.25) is 0 Å². The summed E-state index contributed by atoms with van der Waals surface area (Å²) < 4.78 is 11.6. The molecule has 1 N–H and O–H groups in total. The van der Waals surface area contributed by atoms with Crippen LogP contribution in [-0.2, 0) is 9.53 Å². The van der Waals surface area contributed by atoms with E-state index in [-0.39, 0.29) is 12.6 Å². The maximum absolute atomic E-state index is 12.9. The third kappa shape index (κ3) is 4.13. The Bertz CT molecular complexity index is 1400. The SMILES string of the molecule is CCOC(=O)C(Nc1ncnc2oc(-c3ccccc3)c(-c3ccccc3)c12)c1ccccc1. The number of ether oxygens (including phenoxy) is 1. The predicted octanol–water partition coefficient (Wildman–Crippen LogP) is 6.27. The molecule has 0 radical (unpaired) electrons. The number of fused-ring (bicyclic) bond motifs is 1. The molecule has 0 saturated heterocycles. The first kappa shape index (κ1) is 21.4. The highest BCUT2D eigenvalue weighted by Crippen LogP contribution is 2.43. The molecule has 5 aromatic rings. The smallest absolute Gasteiger partial charge is 0.333 e. The molecule has 1 unspecified atom stereocenters. The predicted molar refractivity (Wildman–Crippen MR) is 132 cm³/mol. The molecule has 6 heteroatoms. The van der Waals surface area contributed by atoms with Crippen molar-refractivity contribution in [1.29, 1.82) is 0 Å². The van der Waals surface area contributed by atoms with Crippen molar-refractivity contribution < 1.29 is 13.9 Å². The number of furan rings is 1. The number of rotatable bonds is 7. The van der Waals surface area contributed by atoms with Crippen LogP contribution in [0.2, 0.25) is 0 Å². The highest BCUT2D eigenvalue weighted by Gasteiger charge is 2.27. The Labute approximate surface area is 197 Å². The largest absolute Gasteiger partial charge is 0.464 e. The van der Waals surface area contributed by atoms with Crippen molar-refractivity contribution in [3.8, 4) is 22.5 Å². The number of hydrogen-bond donors (Lipinski definition) is 1. The average Bonchev–Trinajstić information content (AvgIpc) is 3.29. The quantitative estimate of drug-likeness (QED) is 0.295. The standard InChI is InChI=1S/C28H23N3O3/c1-2-33-28(32)24(20-14-8-4-9-15-20)31-26-23-22(19-12-6-3-7-13-19)25(21-16-10-5-11-17-21)34-27(23)30-18-29-26/h3-18,24H,2H2,1H3,(H,29,30,31). The van der Waals surface area contributed by atoms with E-state index in [4.69, 9.17) is 9.15 Å². The summed E-state index contributed by atoms with van der Waals surface area (Å²) in [6.07, 6.45) is 1.44. The van der Waals surface area contributed by atoms with Gasteiger partial charge >= 0.3 is 5.97 Å². The molecule has 3 aromatic carbocycles. The van der Waals surface area contributed by atoms with E-state index in [1.165, 1.54) is 6.33 Å². The Hall–Kier alpha value is -4.45. The van der Waals surface area contributed by atoms with Gasteiger partial charge in [0, 0.05) is 11.1 Å². The summed E-state index contributed by atoms with van der Waals surface area (Å²) in [6, 6.07) is 28.6. The maximum Gasteiger partial charge on any atom is 0.333 e. The average molecular weight is 450 g/mol. The fourth-order valence-corrected chi connectivity index (χ4v) is 4.00. The molecule has 0 aliphatic rings. The van der Waals surface area contributed by atoms with Crippen LogP contribution in [0.3, 0.4) is 0 Å². The topological polar surface area (TPSA) is 77.2 Å². The molecule has 2 heterocycles. The number of nitrogens with zero attached hydrogens (tertiary/aromatic N) is 2. The first-order valence-corrected chi connectivity index (χ1v) is 11.1. The van der Waals surface area contributed by atoms with Crippen molar-refractivity contribution in [3.05, 3.63) is 103 Å². The fourth-order valence-electron chi connectivity index (χ4n) is 4.00. The van der Waals surface area contributed by atoms with E-state index in [0.29, 0.717) is 22.7 Å². The highest BCUT2D eigenvalue weighted by atomic mass is 16.5. The summed E-state index contributed by atoms with van der Waals surface area (Å²) in [5.74, 6) is 0.808. The molecule has 0 saturated carbocycles. The first-order valence-electron chi connectivity index (χ1n) is 11.1. The van der Waals surface area contributed by atoms with E-state index < -0.39 is 6.04 Å². The van der Waals surface area contributed by atoms with Crippen molar-refractivity contribution in [2.24, 2.45) is 0 Å². The van der Waals surface area contributed by atoms with Crippen molar-refractivity contribution in [2.75, 3.05) is 11.9 Å². The second kappa shape index (κ2) is 9.58. The molecule has 0 bridgehead atoms. The third-order valence-corrected chi connectivity index (χ3v) is 5.52. The number of carbonyl (C=O) groups excluding carboxylic acids is 1. The normalized spacial score (nSPS) is 11.8. The Kier molecular flexibility index (Phi) is 6.03. The van der Waals surface area contributed by atoms with Crippen LogP contribution >= 0.6 is 0 Å². The molecule has 0 fully saturated rings. The van der Waals surface area contributed by atoms with Gasteiger partial charge in [-0.2, -0.15) is 0 Å².